The lowest BCUT2D eigenvalue weighted by Crippen LogP contribution is -2.27. The van der Waals surface area contributed by atoms with Crippen molar-refractivity contribution in [2.24, 2.45) is 0 Å². The van der Waals surface area contributed by atoms with E-state index < -0.39 is 24.5 Å². The molecule has 10 nitrogen and oxygen atoms in total. The number of rotatable bonds is 8. The number of esters is 2. The fraction of sp³-hybridized carbons (Fsp3) is 0.208. The number of aryl methyl sites for hydroxylation is 1. The average molecular weight is 496 g/mol. The molecule has 4 rings (SSSR count). The number of aromatic nitrogens is 2. The number of nitrogens with zero attached hydrogens (tertiary/aromatic N) is 2. The molecule has 180 valence electrons. The molecule has 3 aromatic heterocycles. The van der Waals surface area contributed by atoms with Crippen molar-refractivity contribution in [1.29, 1.82) is 0 Å². The van der Waals surface area contributed by atoms with E-state index in [-0.39, 0.29) is 35.0 Å². The minimum Gasteiger partial charge on any atom is -0.464 e. The first-order valence-corrected chi connectivity index (χ1v) is 11.6. The van der Waals surface area contributed by atoms with Crippen molar-refractivity contribution in [2.45, 2.75) is 20.4 Å². The smallest absolute Gasteiger partial charge is 0.359 e. The van der Waals surface area contributed by atoms with Crippen LogP contribution in [0.15, 0.2) is 57.3 Å². The zero-order valence-corrected chi connectivity index (χ0v) is 19.7. The van der Waals surface area contributed by atoms with Gasteiger partial charge in [-0.2, -0.15) is 5.10 Å². The molecule has 0 fully saturated rings. The van der Waals surface area contributed by atoms with Gasteiger partial charge >= 0.3 is 11.9 Å². The van der Waals surface area contributed by atoms with Crippen LogP contribution in [-0.4, -0.2) is 40.8 Å². The maximum Gasteiger partial charge on any atom is 0.359 e. The molecule has 0 atom stereocenters. The Morgan fingerprint density at radius 1 is 1.06 bits per heavy atom. The van der Waals surface area contributed by atoms with E-state index in [1.165, 1.54) is 6.26 Å². The first kappa shape index (κ1) is 23.9. The highest BCUT2D eigenvalue weighted by molar-refractivity contribution is 7.15. The van der Waals surface area contributed by atoms with E-state index in [4.69, 9.17) is 13.9 Å². The third kappa shape index (κ3) is 4.85. The van der Waals surface area contributed by atoms with Gasteiger partial charge in [0.1, 0.15) is 16.3 Å². The van der Waals surface area contributed by atoms with Crippen LogP contribution in [-0.2, 0) is 20.8 Å². The summed E-state index contributed by atoms with van der Waals surface area (Å²) in [6, 6.07) is 9.91. The van der Waals surface area contributed by atoms with Crippen LogP contribution in [0.4, 0.5) is 5.00 Å². The summed E-state index contributed by atoms with van der Waals surface area (Å²) < 4.78 is 16.8. The van der Waals surface area contributed by atoms with Crippen LogP contribution in [0.1, 0.15) is 34.7 Å². The molecular formula is C24H21N3O7S. The molecular weight excluding hydrogens is 474 g/mol. The summed E-state index contributed by atoms with van der Waals surface area (Å²) in [4.78, 5) is 50.4. The third-order valence-corrected chi connectivity index (χ3v) is 5.90. The molecule has 0 spiro atoms. The van der Waals surface area contributed by atoms with E-state index in [0.29, 0.717) is 22.1 Å². The number of amides is 1. The van der Waals surface area contributed by atoms with Crippen LogP contribution in [0.3, 0.4) is 0 Å². The van der Waals surface area contributed by atoms with Crippen molar-refractivity contribution >= 4 is 45.0 Å². The predicted molar refractivity (Wildman–Crippen MR) is 129 cm³/mol. The maximum atomic E-state index is 12.8. The molecule has 35 heavy (non-hydrogen) atoms. The Kier molecular flexibility index (Phi) is 7.06. The van der Waals surface area contributed by atoms with Crippen molar-refractivity contribution in [3.63, 3.8) is 0 Å². The van der Waals surface area contributed by atoms with Gasteiger partial charge < -0.3 is 19.2 Å². The molecule has 0 aliphatic heterocycles. The van der Waals surface area contributed by atoms with Gasteiger partial charge in [0.15, 0.2) is 12.3 Å². The van der Waals surface area contributed by atoms with Gasteiger partial charge in [0.25, 0.3) is 11.5 Å². The van der Waals surface area contributed by atoms with Crippen LogP contribution in [0, 0.1) is 0 Å². The van der Waals surface area contributed by atoms with Crippen LogP contribution in [0.25, 0.3) is 22.1 Å². The number of carbonyl (C=O) groups excluding carboxylic acids is 3. The van der Waals surface area contributed by atoms with Gasteiger partial charge in [0.2, 0.25) is 0 Å². The number of fused-ring (bicyclic) bond motifs is 1. The average Bonchev–Trinajstić information content (AvgIpc) is 3.53. The van der Waals surface area contributed by atoms with Gasteiger partial charge in [0.05, 0.1) is 18.3 Å². The summed E-state index contributed by atoms with van der Waals surface area (Å²) in [5.41, 5.74) is 0.227. The lowest BCUT2D eigenvalue weighted by molar-refractivity contribution is -0.119. The predicted octanol–water partition coefficient (Wildman–Crippen LogP) is 3.71. The lowest BCUT2D eigenvalue weighted by atomic mass is 10.1. The molecule has 0 unspecified atom stereocenters. The van der Waals surface area contributed by atoms with Crippen LogP contribution >= 0.6 is 11.3 Å². The van der Waals surface area contributed by atoms with E-state index in [0.717, 1.165) is 16.0 Å². The molecule has 11 heteroatoms. The highest BCUT2D eigenvalue weighted by Gasteiger charge is 2.25. The Balaban J connectivity index is 1.53. The quantitative estimate of drug-likeness (QED) is 0.366. The van der Waals surface area contributed by atoms with E-state index in [1.807, 2.05) is 0 Å². The number of nitrogens with one attached hydrogen (secondary N) is 1. The summed E-state index contributed by atoms with van der Waals surface area (Å²) >= 11 is 1.11. The Bertz CT molecular complexity index is 1450. The van der Waals surface area contributed by atoms with Crippen molar-refractivity contribution in [3.8, 4) is 11.3 Å². The number of carbonyl (C=O) groups is 3. The molecule has 0 radical (unpaired) electrons. The maximum absolute atomic E-state index is 12.8. The van der Waals surface area contributed by atoms with E-state index >= 15 is 0 Å². The zero-order valence-electron chi connectivity index (χ0n) is 18.9. The fourth-order valence-electron chi connectivity index (χ4n) is 3.43. The second-order valence-corrected chi connectivity index (χ2v) is 8.07. The molecule has 1 aromatic carbocycles. The van der Waals surface area contributed by atoms with Gasteiger partial charge in [-0.15, -0.1) is 11.3 Å². The zero-order chi connectivity index (χ0) is 24.9. The number of hydrogen-bond donors (Lipinski definition) is 1. The molecule has 0 aliphatic carbocycles. The van der Waals surface area contributed by atoms with Gasteiger partial charge in [-0.25, -0.2) is 14.3 Å². The van der Waals surface area contributed by atoms with Crippen LogP contribution in [0.2, 0.25) is 0 Å². The van der Waals surface area contributed by atoms with Crippen LogP contribution < -0.4 is 10.9 Å². The minimum absolute atomic E-state index is 0.0710. The topological polar surface area (TPSA) is 130 Å². The van der Waals surface area contributed by atoms with Crippen molar-refractivity contribution in [3.05, 3.63) is 69.7 Å². The summed E-state index contributed by atoms with van der Waals surface area (Å²) in [7, 11) is 0. The number of benzene rings is 1. The Hall–Kier alpha value is -4.25. The fourth-order valence-corrected chi connectivity index (χ4v) is 4.38. The molecule has 1 amide bonds. The largest absolute Gasteiger partial charge is 0.464 e. The summed E-state index contributed by atoms with van der Waals surface area (Å²) in [6.45, 7) is 3.19. The number of anilines is 1. The standard InChI is InChI=1S/C24H21N3O7S/c1-3-27-22(29)15-9-6-5-8-14(15)20(26-27)24(31)34-12-18(28)25-21-19(23(30)32-4-2)16(13-35-21)17-10-7-11-33-17/h5-11,13H,3-4,12H2,1-2H3,(H,25,28). The van der Waals surface area contributed by atoms with Crippen molar-refractivity contribution in [2.75, 3.05) is 18.5 Å². The Morgan fingerprint density at radius 3 is 2.51 bits per heavy atom. The molecule has 0 saturated heterocycles. The second-order valence-electron chi connectivity index (χ2n) is 7.19. The number of furan rings is 1. The number of hydrogen-bond acceptors (Lipinski definition) is 9. The minimum atomic E-state index is -0.855. The molecule has 3 heterocycles. The molecule has 0 saturated carbocycles. The molecule has 1 N–H and O–H groups in total. The number of thiophene rings is 1. The van der Waals surface area contributed by atoms with E-state index in [1.54, 1.807) is 55.6 Å². The number of ether oxygens (including phenoxy) is 2. The van der Waals surface area contributed by atoms with Crippen molar-refractivity contribution in [1.82, 2.24) is 9.78 Å². The lowest BCUT2D eigenvalue weighted by Gasteiger charge is -2.10. The summed E-state index contributed by atoms with van der Waals surface area (Å²) in [6.07, 6.45) is 1.47. The summed E-state index contributed by atoms with van der Waals surface area (Å²) in [5, 5.41) is 9.24. The van der Waals surface area contributed by atoms with Gasteiger partial charge in [0, 0.05) is 22.9 Å². The SMILES string of the molecule is CCOC(=O)c1c(-c2ccco2)csc1NC(=O)COC(=O)c1nn(CC)c(=O)c2ccccc12. The molecule has 0 bridgehead atoms. The summed E-state index contributed by atoms with van der Waals surface area (Å²) in [5.74, 6) is -1.69. The normalized spacial score (nSPS) is 10.8. The van der Waals surface area contributed by atoms with E-state index in [2.05, 4.69) is 10.4 Å². The highest BCUT2D eigenvalue weighted by Crippen LogP contribution is 2.36. The monoisotopic (exact) mass is 495 g/mol. The Labute approximate surface area is 203 Å². The first-order valence-electron chi connectivity index (χ1n) is 10.7. The van der Waals surface area contributed by atoms with E-state index in [9.17, 15) is 19.2 Å². The van der Waals surface area contributed by atoms with Crippen LogP contribution in [0.5, 0.6) is 0 Å². The van der Waals surface area contributed by atoms with Gasteiger partial charge in [-0.3, -0.25) is 9.59 Å². The van der Waals surface area contributed by atoms with Gasteiger partial charge in [-0.05, 0) is 32.0 Å². The molecule has 4 aromatic rings. The van der Waals surface area contributed by atoms with Crippen molar-refractivity contribution < 1.29 is 28.3 Å². The highest BCUT2D eigenvalue weighted by atomic mass is 32.1. The second kappa shape index (κ2) is 10.3. The molecule has 0 aliphatic rings. The Morgan fingerprint density at radius 2 is 1.83 bits per heavy atom. The first-order chi connectivity index (χ1) is 16.9. The third-order valence-electron chi connectivity index (χ3n) is 5.01. The van der Waals surface area contributed by atoms with Gasteiger partial charge in [-0.1, -0.05) is 18.2 Å².